The smallest absolute Gasteiger partial charge is 0.261 e. The molecule has 1 aromatic rings. The van der Waals surface area contributed by atoms with Crippen LogP contribution in [0.5, 0.6) is 0 Å². The molecule has 1 atom stereocenters. The Morgan fingerprint density at radius 3 is 2.58 bits per heavy atom. The molecule has 5 heteroatoms. The SMILES string of the molecule is CCc1[nH]c(=O)c(C(=O)N[C@H](C)CC(C)C)cc1I. The summed E-state index contributed by atoms with van der Waals surface area (Å²) < 4.78 is 0.918. The van der Waals surface area contributed by atoms with Gasteiger partial charge in [-0.3, -0.25) is 9.59 Å². The molecule has 0 aliphatic carbocycles. The fraction of sp³-hybridized carbons (Fsp3) is 0.571. The predicted molar refractivity (Wildman–Crippen MR) is 85.5 cm³/mol. The van der Waals surface area contributed by atoms with E-state index in [0.29, 0.717) is 5.92 Å². The molecule has 2 N–H and O–H groups in total. The summed E-state index contributed by atoms with van der Waals surface area (Å²) in [4.78, 5) is 26.7. The van der Waals surface area contributed by atoms with E-state index in [2.05, 4.69) is 46.7 Å². The molecule has 0 unspecified atom stereocenters. The third-order valence-corrected chi connectivity index (χ3v) is 3.83. The van der Waals surface area contributed by atoms with Crippen LogP contribution in [0.1, 0.15) is 50.2 Å². The van der Waals surface area contributed by atoms with Gasteiger partial charge in [0.2, 0.25) is 0 Å². The number of carbonyl (C=O) groups excluding carboxylic acids is 1. The molecule has 0 saturated heterocycles. The zero-order valence-corrected chi connectivity index (χ0v) is 14.0. The van der Waals surface area contributed by atoms with Crippen molar-refractivity contribution >= 4 is 28.5 Å². The fourth-order valence-electron chi connectivity index (χ4n) is 2.04. The van der Waals surface area contributed by atoms with Crippen LogP contribution in [0.2, 0.25) is 0 Å². The molecular weight excluding hydrogens is 355 g/mol. The molecule has 0 aromatic carbocycles. The zero-order valence-electron chi connectivity index (χ0n) is 11.8. The lowest BCUT2D eigenvalue weighted by atomic mass is 10.0. The Kier molecular flexibility index (Phi) is 6.03. The highest BCUT2D eigenvalue weighted by Gasteiger charge is 2.15. The van der Waals surface area contributed by atoms with Crippen molar-refractivity contribution in [3.05, 3.63) is 31.2 Å². The van der Waals surface area contributed by atoms with Gasteiger partial charge >= 0.3 is 0 Å². The molecular formula is C14H21IN2O2. The molecule has 1 heterocycles. The van der Waals surface area contributed by atoms with Crippen LogP contribution in [0.4, 0.5) is 0 Å². The molecule has 0 fully saturated rings. The zero-order chi connectivity index (χ0) is 14.6. The van der Waals surface area contributed by atoms with Crippen molar-refractivity contribution < 1.29 is 4.79 Å². The summed E-state index contributed by atoms with van der Waals surface area (Å²) in [5.74, 6) is 0.214. The highest BCUT2D eigenvalue weighted by atomic mass is 127. The number of hydrogen-bond donors (Lipinski definition) is 2. The standard InChI is InChI=1S/C14H21IN2O2/c1-5-12-11(15)7-10(14(19)17-12)13(18)16-9(4)6-8(2)3/h7-9H,5-6H2,1-4H3,(H,16,18)(H,17,19)/t9-/m1/s1. The summed E-state index contributed by atoms with van der Waals surface area (Å²) in [5, 5.41) is 2.87. The number of aromatic nitrogens is 1. The van der Waals surface area contributed by atoms with E-state index in [0.717, 1.165) is 22.1 Å². The van der Waals surface area contributed by atoms with Gasteiger partial charge in [-0.2, -0.15) is 0 Å². The summed E-state index contributed by atoms with van der Waals surface area (Å²) in [6.45, 7) is 8.14. The molecule has 0 radical (unpaired) electrons. The minimum atomic E-state index is -0.313. The molecule has 1 aromatic heterocycles. The lowest BCUT2D eigenvalue weighted by molar-refractivity contribution is 0.0934. The molecule has 19 heavy (non-hydrogen) atoms. The van der Waals surface area contributed by atoms with E-state index in [9.17, 15) is 9.59 Å². The van der Waals surface area contributed by atoms with Gasteiger partial charge in [-0.05, 0) is 54.3 Å². The summed E-state index contributed by atoms with van der Waals surface area (Å²) in [7, 11) is 0. The predicted octanol–water partition coefficient (Wildman–Crippen LogP) is 2.71. The molecule has 106 valence electrons. The number of aromatic amines is 1. The molecule has 4 nitrogen and oxygen atoms in total. The van der Waals surface area contributed by atoms with Crippen molar-refractivity contribution in [3.8, 4) is 0 Å². The van der Waals surface area contributed by atoms with Gasteiger partial charge in [0, 0.05) is 15.3 Å². The highest BCUT2D eigenvalue weighted by molar-refractivity contribution is 14.1. The third-order valence-electron chi connectivity index (χ3n) is 2.87. The number of halogens is 1. The minimum absolute atomic E-state index is 0.0652. The largest absolute Gasteiger partial charge is 0.349 e. The van der Waals surface area contributed by atoms with Gasteiger partial charge in [-0.1, -0.05) is 20.8 Å². The van der Waals surface area contributed by atoms with Crippen molar-refractivity contribution in [2.45, 2.75) is 46.6 Å². The van der Waals surface area contributed by atoms with E-state index in [1.54, 1.807) is 6.07 Å². The Bertz CT molecular complexity index is 509. The number of H-pyrrole nitrogens is 1. The van der Waals surface area contributed by atoms with Gasteiger partial charge in [0.15, 0.2) is 0 Å². The van der Waals surface area contributed by atoms with E-state index in [-0.39, 0.29) is 23.1 Å². The Morgan fingerprint density at radius 1 is 1.42 bits per heavy atom. The summed E-state index contributed by atoms with van der Waals surface area (Å²) >= 11 is 2.14. The van der Waals surface area contributed by atoms with Crippen molar-refractivity contribution in [1.82, 2.24) is 10.3 Å². The quantitative estimate of drug-likeness (QED) is 0.777. The monoisotopic (exact) mass is 376 g/mol. The average molecular weight is 376 g/mol. The maximum atomic E-state index is 12.1. The Balaban J connectivity index is 2.89. The molecule has 0 aliphatic heterocycles. The Labute approximate surface area is 127 Å². The molecule has 0 saturated carbocycles. The van der Waals surface area contributed by atoms with Crippen LogP contribution in [-0.4, -0.2) is 16.9 Å². The van der Waals surface area contributed by atoms with Gasteiger partial charge in [-0.25, -0.2) is 0 Å². The van der Waals surface area contributed by atoms with Gasteiger partial charge in [0.25, 0.3) is 11.5 Å². The van der Waals surface area contributed by atoms with Crippen LogP contribution in [0.25, 0.3) is 0 Å². The topological polar surface area (TPSA) is 62.0 Å². The van der Waals surface area contributed by atoms with Crippen LogP contribution in [0.15, 0.2) is 10.9 Å². The second kappa shape index (κ2) is 7.07. The summed E-state index contributed by atoms with van der Waals surface area (Å²) in [6, 6.07) is 1.73. The number of pyridine rings is 1. The van der Waals surface area contributed by atoms with Crippen LogP contribution in [0.3, 0.4) is 0 Å². The molecule has 0 bridgehead atoms. The Morgan fingerprint density at radius 2 is 2.05 bits per heavy atom. The van der Waals surface area contributed by atoms with Crippen LogP contribution in [-0.2, 0) is 6.42 Å². The van der Waals surface area contributed by atoms with E-state index in [1.165, 1.54) is 0 Å². The second-order valence-electron chi connectivity index (χ2n) is 5.20. The first-order valence-electron chi connectivity index (χ1n) is 6.57. The van der Waals surface area contributed by atoms with Crippen molar-refractivity contribution in [2.75, 3.05) is 0 Å². The number of hydrogen-bond acceptors (Lipinski definition) is 2. The van der Waals surface area contributed by atoms with Crippen molar-refractivity contribution in [1.29, 1.82) is 0 Å². The maximum Gasteiger partial charge on any atom is 0.261 e. The number of nitrogens with one attached hydrogen (secondary N) is 2. The van der Waals surface area contributed by atoms with Crippen LogP contribution in [0, 0.1) is 9.49 Å². The number of amides is 1. The van der Waals surface area contributed by atoms with Crippen LogP contribution < -0.4 is 10.9 Å². The molecule has 0 spiro atoms. The first-order chi connectivity index (χ1) is 8.85. The maximum absolute atomic E-state index is 12.1. The first kappa shape index (κ1) is 16.2. The van der Waals surface area contributed by atoms with E-state index < -0.39 is 0 Å². The van der Waals surface area contributed by atoms with Gasteiger partial charge in [0.1, 0.15) is 5.56 Å². The normalized spacial score (nSPS) is 12.5. The van der Waals surface area contributed by atoms with Gasteiger partial charge < -0.3 is 10.3 Å². The van der Waals surface area contributed by atoms with Gasteiger partial charge in [0.05, 0.1) is 0 Å². The molecule has 1 amide bonds. The highest BCUT2D eigenvalue weighted by Crippen LogP contribution is 2.10. The van der Waals surface area contributed by atoms with Crippen molar-refractivity contribution in [2.24, 2.45) is 5.92 Å². The first-order valence-corrected chi connectivity index (χ1v) is 7.65. The minimum Gasteiger partial charge on any atom is -0.349 e. The van der Waals surface area contributed by atoms with Crippen molar-refractivity contribution in [3.63, 3.8) is 0 Å². The molecule has 0 aliphatic rings. The average Bonchev–Trinajstić information content (AvgIpc) is 2.30. The number of aryl methyl sites for hydroxylation is 1. The Hall–Kier alpha value is -0.850. The van der Waals surface area contributed by atoms with Crippen LogP contribution >= 0.6 is 22.6 Å². The second-order valence-corrected chi connectivity index (χ2v) is 6.36. The number of carbonyl (C=O) groups is 1. The third kappa shape index (κ3) is 4.63. The lowest BCUT2D eigenvalue weighted by Crippen LogP contribution is -2.37. The van der Waals surface area contributed by atoms with E-state index >= 15 is 0 Å². The fourth-order valence-corrected chi connectivity index (χ4v) is 2.86. The summed E-state index contributed by atoms with van der Waals surface area (Å²) in [6.07, 6.45) is 1.65. The summed E-state index contributed by atoms with van der Waals surface area (Å²) in [5.41, 5.74) is 0.751. The van der Waals surface area contributed by atoms with Gasteiger partial charge in [-0.15, -0.1) is 0 Å². The van der Waals surface area contributed by atoms with E-state index in [4.69, 9.17) is 0 Å². The lowest BCUT2D eigenvalue weighted by Gasteiger charge is -2.16. The van der Waals surface area contributed by atoms with E-state index in [1.807, 2.05) is 13.8 Å². The number of rotatable bonds is 5. The molecule has 1 rings (SSSR count).